The lowest BCUT2D eigenvalue weighted by Crippen LogP contribution is -2.15. The maximum absolute atomic E-state index is 12.4. The molecular weight excluding hydrogens is 305 g/mol. The third-order valence-electron chi connectivity index (χ3n) is 2.77. The number of sulfone groups is 1. The molecule has 19 heavy (non-hydrogen) atoms. The highest BCUT2D eigenvalue weighted by Gasteiger charge is 2.20. The van der Waals surface area contributed by atoms with Crippen LogP contribution in [0.3, 0.4) is 0 Å². The van der Waals surface area contributed by atoms with Gasteiger partial charge in [-0.3, -0.25) is 4.98 Å². The summed E-state index contributed by atoms with van der Waals surface area (Å²) in [6.07, 6.45) is 1.48. The minimum absolute atomic E-state index is 0.0260. The van der Waals surface area contributed by atoms with Crippen molar-refractivity contribution in [1.82, 2.24) is 4.98 Å². The van der Waals surface area contributed by atoms with Crippen LogP contribution in [-0.4, -0.2) is 25.0 Å². The van der Waals surface area contributed by atoms with Crippen LogP contribution in [0.25, 0.3) is 10.9 Å². The van der Waals surface area contributed by atoms with Crippen LogP contribution in [0.4, 0.5) is 0 Å². The number of alkyl halides is 1. The van der Waals surface area contributed by atoms with Crippen molar-refractivity contribution in [3.05, 3.63) is 35.5 Å². The first-order valence-electron chi connectivity index (χ1n) is 5.77. The van der Waals surface area contributed by atoms with Gasteiger partial charge in [0.05, 0.1) is 16.2 Å². The molecule has 1 aromatic heterocycles. The minimum Gasteiger partial charge on any atom is -0.256 e. The molecule has 102 valence electrons. The molecule has 0 N–H and O–H groups in total. The van der Waals surface area contributed by atoms with Crippen LogP contribution in [0, 0.1) is 5.92 Å². The zero-order valence-electron chi connectivity index (χ0n) is 10.3. The number of hydrogen-bond donors (Lipinski definition) is 0. The maximum Gasteiger partial charge on any atom is 0.179 e. The van der Waals surface area contributed by atoms with Crippen molar-refractivity contribution in [3.8, 4) is 0 Å². The van der Waals surface area contributed by atoms with E-state index in [0.29, 0.717) is 21.8 Å². The number of halogens is 2. The Morgan fingerprint density at radius 1 is 1.32 bits per heavy atom. The second-order valence-corrected chi connectivity index (χ2v) is 7.26. The van der Waals surface area contributed by atoms with E-state index in [0.717, 1.165) is 0 Å². The summed E-state index contributed by atoms with van der Waals surface area (Å²) in [6, 6.07) is 6.52. The Hall–Kier alpha value is -0.840. The average Bonchev–Trinajstić information content (AvgIpc) is 2.37. The number of nitrogens with zero attached hydrogens (tertiary/aromatic N) is 1. The summed E-state index contributed by atoms with van der Waals surface area (Å²) in [5.41, 5.74) is 0.576. The third-order valence-corrected chi connectivity index (χ3v) is 5.56. The summed E-state index contributed by atoms with van der Waals surface area (Å²) < 4.78 is 24.8. The molecule has 1 aromatic carbocycles. The Morgan fingerprint density at radius 2 is 2.05 bits per heavy atom. The fraction of sp³-hybridized carbons (Fsp3) is 0.308. The van der Waals surface area contributed by atoms with Gasteiger partial charge in [0.25, 0.3) is 0 Å². The summed E-state index contributed by atoms with van der Waals surface area (Å²) in [4.78, 5) is 4.42. The standard InChI is InChI=1S/C13H13Cl2NO2S/c1-9(7-14)8-19(17,18)13-4-5-16-12-6-10(15)2-3-11(12)13/h2-6,9H,7-8H2,1H3. The van der Waals surface area contributed by atoms with Crippen LogP contribution >= 0.6 is 23.2 Å². The fourth-order valence-electron chi connectivity index (χ4n) is 1.88. The van der Waals surface area contributed by atoms with Gasteiger partial charge in [-0.2, -0.15) is 0 Å². The third kappa shape index (κ3) is 3.19. The van der Waals surface area contributed by atoms with Gasteiger partial charge in [0.1, 0.15) is 0 Å². The summed E-state index contributed by atoms with van der Waals surface area (Å²) in [6.45, 7) is 1.81. The number of aromatic nitrogens is 1. The van der Waals surface area contributed by atoms with Crippen molar-refractivity contribution in [2.24, 2.45) is 5.92 Å². The molecule has 0 radical (unpaired) electrons. The van der Waals surface area contributed by atoms with E-state index in [1.807, 2.05) is 6.92 Å². The average molecular weight is 318 g/mol. The molecule has 0 bridgehead atoms. The summed E-state index contributed by atoms with van der Waals surface area (Å²) in [7, 11) is -3.38. The van der Waals surface area contributed by atoms with E-state index in [1.165, 1.54) is 12.3 Å². The number of fused-ring (bicyclic) bond motifs is 1. The van der Waals surface area contributed by atoms with Crippen molar-refractivity contribution < 1.29 is 8.42 Å². The van der Waals surface area contributed by atoms with E-state index in [1.54, 1.807) is 18.2 Å². The van der Waals surface area contributed by atoms with Gasteiger partial charge in [-0.1, -0.05) is 24.6 Å². The molecule has 6 heteroatoms. The SMILES string of the molecule is CC(CCl)CS(=O)(=O)c1ccnc2cc(Cl)ccc12. The highest BCUT2D eigenvalue weighted by Crippen LogP contribution is 2.25. The zero-order chi connectivity index (χ0) is 14.0. The number of pyridine rings is 1. The van der Waals surface area contributed by atoms with Crippen LogP contribution in [0.15, 0.2) is 35.4 Å². The molecule has 0 spiro atoms. The molecule has 0 fully saturated rings. The predicted molar refractivity (Wildman–Crippen MR) is 78.7 cm³/mol. The highest BCUT2D eigenvalue weighted by molar-refractivity contribution is 7.91. The van der Waals surface area contributed by atoms with E-state index in [2.05, 4.69) is 4.98 Å². The lowest BCUT2D eigenvalue weighted by atomic mass is 10.2. The van der Waals surface area contributed by atoms with Crippen molar-refractivity contribution >= 4 is 43.9 Å². The first-order chi connectivity index (χ1) is 8.94. The molecule has 1 atom stereocenters. The Kier molecular flexibility index (Phi) is 4.33. The summed E-state index contributed by atoms with van der Waals surface area (Å²) in [5.74, 6) is 0.244. The lowest BCUT2D eigenvalue weighted by molar-refractivity contribution is 0.584. The smallest absolute Gasteiger partial charge is 0.179 e. The maximum atomic E-state index is 12.4. The molecule has 0 aliphatic heterocycles. The topological polar surface area (TPSA) is 47.0 Å². The van der Waals surface area contributed by atoms with E-state index >= 15 is 0 Å². The lowest BCUT2D eigenvalue weighted by Gasteiger charge is -2.11. The number of hydrogen-bond acceptors (Lipinski definition) is 3. The Labute approximate surface area is 122 Å². The molecule has 0 aliphatic carbocycles. The van der Waals surface area contributed by atoms with E-state index in [-0.39, 0.29) is 16.6 Å². The van der Waals surface area contributed by atoms with Gasteiger partial charge in [-0.25, -0.2) is 8.42 Å². The Balaban J connectivity index is 2.56. The second-order valence-electron chi connectivity index (χ2n) is 4.51. The minimum atomic E-state index is -3.38. The summed E-state index contributed by atoms with van der Waals surface area (Å²) >= 11 is 11.6. The van der Waals surface area contributed by atoms with Crippen molar-refractivity contribution in [3.63, 3.8) is 0 Å². The van der Waals surface area contributed by atoms with Crippen LogP contribution in [0.2, 0.25) is 5.02 Å². The quantitative estimate of drug-likeness (QED) is 0.810. The molecule has 0 saturated heterocycles. The van der Waals surface area contributed by atoms with Crippen molar-refractivity contribution in [2.75, 3.05) is 11.6 Å². The van der Waals surface area contributed by atoms with E-state index < -0.39 is 9.84 Å². The largest absolute Gasteiger partial charge is 0.256 e. The van der Waals surface area contributed by atoms with Crippen molar-refractivity contribution in [2.45, 2.75) is 11.8 Å². The monoisotopic (exact) mass is 317 g/mol. The molecule has 2 aromatic rings. The zero-order valence-corrected chi connectivity index (χ0v) is 12.6. The van der Waals surface area contributed by atoms with Crippen LogP contribution in [-0.2, 0) is 9.84 Å². The van der Waals surface area contributed by atoms with Gasteiger partial charge in [-0.15, -0.1) is 11.6 Å². The first kappa shape index (κ1) is 14.6. The molecule has 2 rings (SSSR count). The van der Waals surface area contributed by atoms with Crippen LogP contribution in [0.1, 0.15) is 6.92 Å². The highest BCUT2D eigenvalue weighted by atomic mass is 35.5. The first-order valence-corrected chi connectivity index (χ1v) is 8.33. The van der Waals surface area contributed by atoms with Gasteiger partial charge in [0, 0.05) is 22.5 Å². The molecular formula is C13H13Cl2NO2S. The normalized spacial score (nSPS) is 13.6. The van der Waals surface area contributed by atoms with Crippen LogP contribution in [0.5, 0.6) is 0 Å². The van der Waals surface area contributed by atoms with Gasteiger partial charge >= 0.3 is 0 Å². The van der Waals surface area contributed by atoms with Gasteiger partial charge in [0.15, 0.2) is 9.84 Å². The fourth-order valence-corrected chi connectivity index (χ4v) is 4.10. The molecule has 1 unspecified atom stereocenters. The molecule has 0 aliphatic rings. The number of rotatable bonds is 4. The van der Waals surface area contributed by atoms with Crippen LogP contribution < -0.4 is 0 Å². The van der Waals surface area contributed by atoms with Crippen molar-refractivity contribution in [1.29, 1.82) is 0 Å². The van der Waals surface area contributed by atoms with Gasteiger partial charge in [-0.05, 0) is 24.1 Å². The van der Waals surface area contributed by atoms with E-state index in [4.69, 9.17) is 23.2 Å². The van der Waals surface area contributed by atoms with Gasteiger partial charge < -0.3 is 0 Å². The molecule has 0 saturated carbocycles. The van der Waals surface area contributed by atoms with E-state index in [9.17, 15) is 8.42 Å². The molecule has 0 amide bonds. The number of benzene rings is 1. The Morgan fingerprint density at radius 3 is 2.74 bits per heavy atom. The summed E-state index contributed by atoms with van der Waals surface area (Å²) in [5, 5.41) is 1.12. The van der Waals surface area contributed by atoms with Gasteiger partial charge in [0.2, 0.25) is 0 Å². The Bertz CT molecular complexity index is 701. The molecule has 3 nitrogen and oxygen atoms in total. The molecule has 1 heterocycles. The second kappa shape index (κ2) is 5.65. The predicted octanol–water partition coefficient (Wildman–Crippen LogP) is 3.54.